The number of carbonyl (C=O) groups is 1. The van der Waals surface area contributed by atoms with Crippen molar-refractivity contribution in [3.63, 3.8) is 0 Å². The van der Waals surface area contributed by atoms with Crippen molar-refractivity contribution in [3.05, 3.63) is 17.7 Å². The van der Waals surface area contributed by atoms with Crippen LogP contribution < -0.4 is 9.47 Å². The Kier molecular flexibility index (Phi) is 5.50. The lowest BCUT2D eigenvalue weighted by Crippen LogP contribution is -2.61. The monoisotopic (exact) mass is 344 g/mol. The van der Waals surface area contributed by atoms with E-state index >= 15 is 0 Å². The van der Waals surface area contributed by atoms with Gasteiger partial charge in [0.25, 0.3) is 0 Å². The molecule has 1 aliphatic heterocycles. The molecule has 0 spiro atoms. The maximum atomic E-state index is 11.1. The van der Waals surface area contributed by atoms with Crippen LogP contribution in [0.25, 0.3) is 0 Å². The number of methoxy groups -OCH3 is 1. The lowest BCUT2D eigenvalue weighted by Gasteiger charge is -2.38. The number of carboxylic acid groups (broad SMARTS) is 1. The lowest BCUT2D eigenvalue weighted by atomic mass is 9.99. The summed E-state index contributed by atoms with van der Waals surface area (Å²) < 4.78 is 15.4. The van der Waals surface area contributed by atoms with Gasteiger partial charge in [0.05, 0.1) is 7.11 Å². The highest BCUT2D eigenvalue weighted by molar-refractivity contribution is 5.73. The fourth-order valence-corrected chi connectivity index (χ4v) is 2.36. The molecule has 0 aromatic heterocycles. The molecule has 0 bridgehead atoms. The van der Waals surface area contributed by atoms with E-state index in [1.54, 1.807) is 6.07 Å². The summed E-state index contributed by atoms with van der Waals surface area (Å²) in [5, 5.41) is 48.5. The van der Waals surface area contributed by atoms with Crippen LogP contribution in [-0.2, 0) is 16.0 Å². The number of rotatable bonds is 5. The minimum Gasteiger partial charge on any atom is -0.502 e. The van der Waals surface area contributed by atoms with Gasteiger partial charge >= 0.3 is 5.97 Å². The molecule has 1 saturated heterocycles. The molecule has 1 aliphatic rings. The van der Waals surface area contributed by atoms with Crippen LogP contribution in [0, 0.1) is 0 Å². The number of hydrogen-bond acceptors (Lipinski definition) is 8. The van der Waals surface area contributed by atoms with Gasteiger partial charge in [0.2, 0.25) is 12.0 Å². The number of aliphatic carboxylic acids is 1. The maximum Gasteiger partial charge on any atom is 0.335 e. The van der Waals surface area contributed by atoms with Gasteiger partial charge in [-0.05, 0) is 24.1 Å². The number of carboxylic acids is 1. The molecule has 1 aromatic rings. The topological polar surface area (TPSA) is 146 Å². The molecule has 24 heavy (non-hydrogen) atoms. The van der Waals surface area contributed by atoms with E-state index in [1.807, 2.05) is 6.92 Å². The van der Waals surface area contributed by atoms with Crippen LogP contribution in [0.3, 0.4) is 0 Å². The zero-order valence-electron chi connectivity index (χ0n) is 13.1. The standard InChI is InChI=1S/C15H20O9/c1-3-6-4-7(22-2)9(16)8(5-6)23-15-12(19)10(17)11(18)13(24-15)14(20)21/h4-5,10-13,15-19H,3H2,1-2H3,(H,20,21). The van der Waals surface area contributed by atoms with Crippen LogP contribution >= 0.6 is 0 Å². The third-order valence-corrected chi connectivity index (χ3v) is 3.78. The minimum atomic E-state index is -1.82. The molecular weight excluding hydrogens is 324 g/mol. The second kappa shape index (κ2) is 7.22. The van der Waals surface area contributed by atoms with E-state index in [2.05, 4.69) is 0 Å². The van der Waals surface area contributed by atoms with Gasteiger partial charge in [0, 0.05) is 0 Å². The molecular formula is C15H20O9. The predicted octanol–water partition coefficient (Wildman–Crippen LogP) is -0.766. The average Bonchev–Trinajstić information content (AvgIpc) is 2.56. The molecule has 5 atom stereocenters. The Balaban J connectivity index is 2.30. The first kappa shape index (κ1) is 18.3. The highest BCUT2D eigenvalue weighted by atomic mass is 16.7. The van der Waals surface area contributed by atoms with Crippen molar-refractivity contribution in [3.8, 4) is 17.2 Å². The summed E-state index contributed by atoms with van der Waals surface area (Å²) in [5.41, 5.74) is 0.750. The zero-order chi connectivity index (χ0) is 18.0. The summed E-state index contributed by atoms with van der Waals surface area (Å²) in [4.78, 5) is 11.1. The zero-order valence-corrected chi connectivity index (χ0v) is 13.1. The number of aliphatic hydroxyl groups excluding tert-OH is 3. The number of hydrogen-bond donors (Lipinski definition) is 5. The second-order valence-corrected chi connectivity index (χ2v) is 5.35. The van der Waals surface area contributed by atoms with Crippen molar-refractivity contribution in [2.75, 3.05) is 7.11 Å². The molecule has 0 saturated carbocycles. The van der Waals surface area contributed by atoms with Crippen molar-refractivity contribution < 1.29 is 44.5 Å². The number of aliphatic hydroxyl groups is 3. The van der Waals surface area contributed by atoms with Crippen molar-refractivity contribution in [1.82, 2.24) is 0 Å². The minimum absolute atomic E-state index is 0.108. The van der Waals surface area contributed by atoms with Crippen LogP contribution in [0.4, 0.5) is 0 Å². The van der Waals surface area contributed by atoms with E-state index in [0.29, 0.717) is 6.42 Å². The van der Waals surface area contributed by atoms with E-state index < -0.39 is 36.7 Å². The Bertz CT molecular complexity index is 603. The Hall–Kier alpha value is -2.07. The van der Waals surface area contributed by atoms with Crippen LogP contribution in [0.5, 0.6) is 17.2 Å². The fraction of sp³-hybridized carbons (Fsp3) is 0.533. The largest absolute Gasteiger partial charge is 0.502 e. The molecule has 0 radical (unpaired) electrons. The highest BCUT2D eigenvalue weighted by Gasteiger charge is 2.48. The first-order valence-electron chi connectivity index (χ1n) is 7.29. The van der Waals surface area contributed by atoms with E-state index in [0.717, 1.165) is 5.56 Å². The lowest BCUT2D eigenvalue weighted by molar-refractivity contribution is -0.271. The SMILES string of the molecule is CCc1cc(OC)c(O)c(OC2OC(C(=O)O)C(O)C(O)C2O)c1. The molecule has 5 unspecified atom stereocenters. The van der Waals surface area contributed by atoms with Crippen molar-refractivity contribution in [1.29, 1.82) is 0 Å². The summed E-state index contributed by atoms with van der Waals surface area (Å²) >= 11 is 0. The summed E-state index contributed by atoms with van der Waals surface area (Å²) in [6.45, 7) is 1.86. The van der Waals surface area contributed by atoms with Crippen LogP contribution in [0.15, 0.2) is 12.1 Å². The van der Waals surface area contributed by atoms with Gasteiger partial charge in [-0.15, -0.1) is 0 Å². The quantitative estimate of drug-likeness (QED) is 0.465. The van der Waals surface area contributed by atoms with Crippen molar-refractivity contribution in [2.45, 2.75) is 44.1 Å². The molecule has 9 heteroatoms. The van der Waals surface area contributed by atoms with Gasteiger partial charge in [-0.3, -0.25) is 0 Å². The summed E-state index contributed by atoms with van der Waals surface area (Å²) in [7, 11) is 1.35. The van der Waals surface area contributed by atoms with E-state index in [9.17, 15) is 25.2 Å². The van der Waals surface area contributed by atoms with Crippen LogP contribution in [-0.4, -0.2) is 69.3 Å². The molecule has 1 fully saturated rings. The number of benzene rings is 1. The third-order valence-electron chi connectivity index (χ3n) is 3.78. The smallest absolute Gasteiger partial charge is 0.335 e. The molecule has 0 aliphatic carbocycles. The molecule has 1 aromatic carbocycles. The van der Waals surface area contributed by atoms with Gasteiger partial charge in [-0.25, -0.2) is 4.79 Å². The van der Waals surface area contributed by atoms with E-state index in [4.69, 9.17) is 19.3 Å². The van der Waals surface area contributed by atoms with Crippen molar-refractivity contribution in [2.24, 2.45) is 0 Å². The van der Waals surface area contributed by atoms with E-state index in [1.165, 1.54) is 13.2 Å². The Labute approximate surface area is 137 Å². The first-order chi connectivity index (χ1) is 11.3. The van der Waals surface area contributed by atoms with Gasteiger partial charge < -0.3 is 39.7 Å². The number of phenols is 1. The number of aryl methyl sites for hydroxylation is 1. The number of aromatic hydroxyl groups is 1. The number of phenolic OH excluding ortho intramolecular Hbond substituents is 1. The fourth-order valence-electron chi connectivity index (χ4n) is 2.36. The molecule has 9 nitrogen and oxygen atoms in total. The van der Waals surface area contributed by atoms with Gasteiger partial charge in [0.1, 0.15) is 18.3 Å². The second-order valence-electron chi connectivity index (χ2n) is 5.35. The Morgan fingerprint density at radius 2 is 1.79 bits per heavy atom. The summed E-state index contributed by atoms with van der Waals surface area (Å²) in [5.74, 6) is -1.86. The van der Waals surface area contributed by atoms with Gasteiger partial charge in [0.15, 0.2) is 17.6 Å². The van der Waals surface area contributed by atoms with Gasteiger partial charge in [-0.1, -0.05) is 6.92 Å². The molecule has 0 amide bonds. The summed E-state index contributed by atoms with van der Waals surface area (Å²) in [6.07, 6.45) is -8.11. The van der Waals surface area contributed by atoms with E-state index in [-0.39, 0.29) is 17.2 Å². The first-order valence-corrected chi connectivity index (χ1v) is 7.29. The average molecular weight is 344 g/mol. The Morgan fingerprint density at radius 1 is 1.17 bits per heavy atom. The predicted molar refractivity (Wildman–Crippen MR) is 79.0 cm³/mol. The molecule has 2 rings (SSSR count). The van der Waals surface area contributed by atoms with Crippen LogP contribution in [0.2, 0.25) is 0 Å². The maximum absolute atomic E-state index is 11.1. The normalized spacial score (nSPS) is 30.0. The Morgan fingerprint density at radius 3 is 2.33 bits per heavy atom. The molecule has 5 N–H and O–H groups in total. The number of ether oxygens (including phenoxy) is 3. The van der Waals surface area contributed by atoms with Crippen LogP contribution in [0.1, 0.15) is 12.5 Å². The molecule has 1 heterocycles. The summed E-state index contributed by atoms with van der Waals surface area (Å²) in [6, 6.07) is 3.07. The van der Waals surface area contributed by atoms with Crippen molar-refractivity contribution >= 4 is 5.97 Å². The molecule has 134 valence electrons. The third kappa shape index (κ3) is 3.39. The van der Waals surface area contributed by atoms with Gasteiger partial charge in [-0.2, -0.15) is 0 Å². The highest BCUT2D eigenvalue weighted by Crippen LogP contribution is 2.39.